The molecule has 0 radical (unpaired) electrons. The van der Waals surface area contributed by atoms with Gasteiger partial charge in [-0.3, -0.25) is 4.98 Å². The summed E-state index contributed by atoms with van der Waals surface area (Å²) < 4.78 is 14.3. The molecule has 0 aliphatic carbocycles. The van der Waals surface area contributed by atoms with Crippen molar-refractivity contribution in [3.8, 4) is 11.4 Å². The van der Waals surface area contributed by atoms with E-state index >= 15 is 0 Å². The minimum absolute atomic E-state index is 0.292. The molecule has 0 saturated heterocycles. The fourth-order valence-electron chi connectivity index (χ4n) is 2.99. The maximum absolute atomic E-state index is 14.3. The van der Waals surface area contributed by atoms with Gasteiger partial charge in [0.2, 0.25) is 0 Å². The summed E-state index contributed by atoms with van der Waals surface area (Å²) in [6, 6.07) is 6.29. The third kappa shape index (κ3) is 3.25. The highest BCUT2D eigenvalue weighted by Gasteiger charge is 2.20. The maximum Gasteiger partial charge on any atom is 0.164 e. The molecule has 1 aliphatic rings. The normalized spacial score (nSPS) is 13.3. The molecule has 1 aliphatic heterocycles. The first kappa shape index (κ1) is 16.9. The lowest BCUT2D eigenvalue weighted by Crippen LogP contribution is -2.26. The van der Waals surface area contributed by atoms with Crippen LogP contribution in [0.4, 0.5) is 15.9 Å². The zero-order valence-electron chi connectivity index (χ0n) is 14.2. The first-order chi connectivity index (χ1) is 12.6. The number of nitrogens with zero attached hydrogens (tertiary/aromatic N) is 3. The van der Waals surface area contributed by atoms with E-state index in [1.54, 1.807) is 18.5 Å². The molecular formula is C19H17ClFN5. The van der Waals surface area contributed by atoms with Crippen molar-refractivity contribution in [3.05, 3.63) is 64.3 Å². The Morgan fingerprint density at radius 3 is 2.96 bits per heavy atom. The molecule has 0 fully saturated rings. The molecule has 0 saturated carbocycles. The molecular weight excluding hydrogens is 353 g/mol. The highest BCUT2D eigenvalue weighted by Crippen LogP contribution is 2.30. The van der Waals surface area contributed by atoms with Crippen LogP contribution in [0.5, 0.6) is 0 Å². The zero-order chi connectivity index (χ0) is 18.1. The highest BCUT2D eigenvalue weighted by molar-refractivity contribution is 6.30. The lowest BCUT2D eigenvalue weighted by atomic mass is 10.1. The number of anilines is 2. The smallest absolute Gasteiger partial charge is 0.164 e. The number of aryl methyl sites for hydroxylation is 1. The summed E-state index contributed by atoms with van der Waals surface area (Å²) in [5.74, 6) is 0.617. The van der Waals surface area contributed by atoms with Crippen LogP contribution >= 0.6 is 11.6 Å². The first-order valence-corrected chi connectivity index (χ1v) is 8.73. The summed E-state index contributed by atoms with van der Waals surface area (Å²) in [5, 5.41) is 7.12. The molecule has 2 N–H and O–H groups in total. The van der Waals surface area contributed by atoms with Crippen molar-refractivity contribution in [2.45, 2.75) is 19.9 Å². The zero-order valence-corrected chi connectivity index (χ0v) is 14.9. The third-order valence-corrected chi connectivity index (χ3v) is 4.61. The SMILES string of the molecule is Cc1cnccc1Nc1nc(-c2cc(Cl)ccc2F)nc2c1CCNC2. The Labute approximate surface area is 155 Å². The molecule has 3 heterocycles. The van der Waals surface area contributed by atoms with Crippen LogP contribution in [0, 0.1) is 12.7 Å². The number of hydrogen-bond donors (Lipinski definition) is 2. The van der Waals surface area contributed by atoms with Crippen molar-refractivity contribution in [2.75, 3.05) is 11.9 Å². The van der Waals surface area contributed by atoms with Crippen molar-refractivity contribution in [1.29, 1.82) is 0 Å². The van der Waals surface area contributed by atoms with Gasteiger partial charge in [-0.25, -0.2) is 14.4 Å². The average Bonchev–Trinajstić information content (AvgIpc) is 2.65. The molecule has 4 rings (SSSR count). The minimum atomic E-state index is -0.399. The highest BCUT2D eigenvalue weighted by atomic mass is 35.5. The standard InChI is InChI=1S/C19H17ClFN5/c1-11-9-22-7-5-16(11)24-18-13-4-6-23-10-17(13)25-19(26-18)14-8-12(20)2-3-15(14)21/h2-3,5,7-9,23H,4,6,10H2,1H3,(H,22,24,25,26). The number of fused-ring (bicyclic) bond motifs is 1. The van der Waals surface area contributed by atoms with E-state index in [4.69, 9.17) is 11.6 Å². The van der Waals surface area contributed by atoms with Gasteiger partial charge in [-0.15, -0.1) is 0 Å². The topological polar surface area (TPSA) is 62.7 Å². The third-order valence-electron chi connectivity index (χ3n) is 4.38. The predicted octanol–water partition coefficient (Wildman–Crippen LogP) is 4.03. The van der Waals surface area contributed by atoms with Gasteiger partial charge in [-0.1, -0.05) is 11.6 Å². The first-order valence-electron chi connectivity index (χ1n) is 8.35. The molecule has 26 heavy (non-hydrogen) atoms. The number of benzene rings is 1. The predicted molar refractivity (Wildman–Crippen MR) is 100 cm³/mol. The van der Waals surface area contributed by atoms with Gasteiger partial charge in [0.15, 0.2) is 5.82 Å². The van der Waals surface area contributed by atoms with Crippen LogP contribution in [0.2, 0.25) is 5.02 Å². The summed E-state index contributed by atoms with van der Waals surface area (Å²) in [6.07, 6.45) is 4.32. The average molecular weight is 370 g/mol. The molecule has 0 bridgehead atoms. The van der Waals surface area contributed by atoms with Gasteiger partial charge in [0.25, 0.3) is 0 Å². The Morgan fingerprint density at radius 2 is 2.12 bits per heavy atom. The van der Waals surface area contributed by atoms with Crippen molar-refractivity contribution in [1.82, 2.24) is 20.3 Å². The quantitative estimate of drug-likeness (QED) is 0.729. The number of halogens is 2. The molecule has 0 unspecified atom stereocenters. The van der Waals surface area contributed by atoms with Gasteiger partial charge >= 0.3 is 0 Å². The fourth-order valence-corrected chi connectivity index (χ4v) is 3.17. The molecule has 0 spiro atoms. The second kappa shape index (κ2) is 6.97. The lowest BCUT2D eigenvalue weighted by Gasteiger charge is -2.21. The Hall–Kier alpha value is -2.57. The van der Waals surface area contributed by atoms with Crippen LogP contribution in [-0.4, -0.2) is 21.5 Å². The van der Waals surface area contributed by atoms with Crippen molar-refractivity contribution in [3.63, 3.8) is 0 Å². The van der Waals surface area contributed by atoms with Gasteiger partial charge in [-0.2, -0.15) is 0 Å². The van der Waals surface area contributed by atoms with E-state index < -0.39 is 5.82 Å². The van der Waals surface area contributed by atoms with Gasteiger partial charge in [0.05, 0.1) is 11.3 Å². The fraction of sp³-hybridized carbons (Fsp3) is 0.211. The van der Waals surface area contributed by atoms with Crippen LogP contribution in [0.15, 0.2) is 36.7 Å². The van der Waals surface area contributed by atoms with Crippen LogP contribution in [0.3, 0.4) is 0 Å². The molecule has 0 atom stereocenters. The minimum Gasteiger partial charge on any atom is -0.340 e. The Bertz CT molecular complexity index is 976. The van der Waals surface area contributed by atoms with Crippen LogP contribution in [-0.2, 0) is 13.0 Å². The van der Waals surface area contributed by atoms with Crippen LogP contribution in [0.25, 0.3) is 11.4 Å². The molecule has 1 aromatic carbocycles. The van der Waals surface area contributed by atoms with Gasteiger partial charge in [0, 0.05) is 35.2 Å². The van der Waals surface area contributed by atoms with Crippen molar-refractivity contribution < 1.29 is 4.39 Å². The van der Waals surface area contributed by atoms with E-state index in [-0.39, 0.29) is 0 Å². The Balaban J connectivity index is 1.85. The van der Waals surface area contributed by atoms with E-state index in [0.717, 1.165) is 35.5 Å². The van der Waals surface area contributed by atoms with Crippen LogP contribution < -0.4 is 10.6 Å². The van der Waals surface area contributed by atoms with Gasteiger partial charge in [-0.05, 0) is 49.7 Å². The summed E-state index contributed by atoms with van der Waals surface area (Å²) in [4.78, 5) is 13.3. The van der Waals surface area contributed by atoms with E-state index in [9.17, 15) is 4.39 Å². The number of rotatable bonds is 3. The number of hydrogen-bond acceptors (Lipinski definition) is 5. The second-order valence-corrected chi connectivity index (χ2v) is 6.62. The summed E-state index contributed by atoms with van der Waals surface area (Å²) in [6.45, 7) is 3.45. The molecule has 5 nitrogen and oxygen atoms in total. The summed E-state index contributed by atoms with van der Waals surface area (Å²) in [7, 11) is 0. The maximum atomic E-state index is 14.3. The molecule has 7 heteroatoms. The number of aromatic nitrogens is 3. The molecule has 132 valence electrons. The molecule has 2 aromatic heterocycles. The lowest BCUT2D eigenvalue weighted by molar-refractivity contribution is 0.619. The van der Waals surface area contributed by atoms with E-state index in [1.807, 2.05) is 13.0 Å². The second-order valence-electron chi connectivity index (χ2n) is 6.19. The van der Waals surface area contributed by atoms with E-state index in [2.05, 4.69) is 25.6 Å². The number of nitrogens with one attached hydrogen (secondary N) is 2. The largest absolute Gasteiger partial charge is 0.340 e. The van der Waals surface area contributed by atoms with Gasteiger partial charge in [0.1, 0.15) is 11.6 Å². The summed E-state index contributed by atoms with van der Waals surface area (Å²) in [5.41, 5.74) is 4.13. The van der Waals surface area contributed by atoms with Crippen molar-refractivity contribution >= 4 is 23.1 Å². The molecule has 0 amide bonds. The van der Waals surface area contributed by atoms with Crippen molar-refractivity contribution in [2.24, 2.45) is 0 Å². The Morgan fingerprint density at radius 1 is 1.23 bits per heavy atom. The molecule has 3 aromatic rings. The Kier molecular flexibility index (Phi) is 4.53. The monoisotopic (exact) mass is 369 g/mol. The summed E-state index contributed by atoms with van der Waals surface area (Å²) >= 11 is 6.04. The van der Waals surface area contributed by atoms with Gasteiger partial charge < -0.3 is 10.6 Å². The van der Waals surface area contributed by atoms with E-state index in [0.29, 0.717) is 28.8 Å². The van der Waals surface area contributed by atoms with Crippen LogP contribution in [0.1, 0.15) is 16.8 Å². The van der Waals surface area contributed by atoms with E-state index in [1.165, 1.54) is 12.1 Å². The number of pyridine rings is 1.